The van der Waals surface area contributed by atoms with Crippen LogP contribution in [0.15, 0.2) is 41.1 Å². The number of carbonyl (C=O) groups excluding carboxylic acids is 2. The van der Waals surface area contributed by atoms with Gasteiger partial charge in [-0.15, -0.1) is 0 Å². The third kappa shape index (κ3) is 4.82. The lowest BCUT2D eigenvalue weighted by Crippen LogP contribution is -2.45. The Morgan fingerprint density at radius 3 is 2.70 bits per heavy atom. The Morgan fingerprint density at radius 2 is 2.13 bits per heavy atom. The van der Waals surface area contributed by atoms with Gasteiger partial charge in [-0.25, -0.2) is 9.78 Å². The number of esters is 1. The smallest absolute Gasteiger partial charge is 0.329 e. The largest absolute Gasteiger partial charge is 0.459 e. The summed E-state index contributed by atoms with van der Waals surface area (Å²) in [6, 6.07) is 5.69. The summed E-state index contributed by atoms with van der Waals surface area (Å²) in [6.07, 6.45) is 2.92. The fraction of sp³-hybridized carbons (Fsp3) is 0.312. The summed E-state index contributed by atoms with van der Waals surface area (Å²) in [7, 11) is 0. The zero-order valence-electron chi connectivity index (χ0n) is 12.8. The summed E-state index contributed by atoms with van der Waals surface area (Å²) in [6.45, 7) is 3.69. The minimum atomic E-state index is -0.771. The summed E-state index contributed by atoms with van der Waals surface area (Å²) < 4.78 is 10.3. The molecule has 0 spiro atoms. The molecule has 0 radical (unpaired) electrons. The molecule has 2 rings (SSSR count). The first-order valence-electron chi connectivity index (χ1n) is 7.09. The van der Waals surface area contributed by atoms with E-state index in [1.165, 1.54) is 18.5 Å². The Bertz CT molecular complexity index is 653. The molecule has 2 aromatic heterocycles. The number of nitrogens with one attached hydrogen (secondary N) is 1. The van der Waals surface area contributed by atoms with Gasteiger partial charge in [0.25, 0.3) is 5.91 Å². The van der Waals surface area contributed by atoms with Gasteiger partial charge in [-0.05, 0) is 24.1 Å². The van der Waals surface area contributed by atoms with E-state index >= 15 is 0 Å². The van der Waals surface area contributed by atoms with Crippen molar-refractivity contribution in [2.75, 3.05) is 0 Å². The van der Waals surface area contributed by atoms with Gasteiger partial charge in [0.05, 0.1) is 6.26 Å². The van der Waals surface area contributed by atoms with Crippen molar-refractivity contribution in [1.82, 2.24) is 10.3 Å². The predicted molar refractivity (Wildman–Crippen MR) is 83.8 cm³/mol. The topological polar surface area (TPSA) is 81.4 Å². The number of ether oxygens (including phenoxy) is 1. The van der Waals surface area contributed by atoms with Gasteiger partial charge in [0.1, 0.15) is 17.8 Å². The van der Waals surface area contributed by atoms with Gasteiger partial charge in [0, 0.05) is 11.8 Å². The zero-order chi connectivity index (χ0) is 16.8. The summed E-state index contributed by atoms with van der Waals surface area (Å²) in [5.74, 6) is -0.969. The molecular formula is C16H17ClN2O4. The molecular weight excluding hydrogens is 320 g/mol. The quantitative estimate of drug-likeness (QED) is 0.648. The van der Waals surface area contributed by atoms with Gasteiger partial charge in [0.15, 0.2) is 5.76 Å². The van der Waals surface area contributed by atoms with Crippen molar-refractivity contribution in [3.63, 3.8) is 0 Å². The fourth-order valence-electron chi connectivity index (χ4n) is 1.85. The van der Waals surface area contributed by atoms with Crippen LogP contribution < -0.4 is 5.32 Å². The van der Waals surface area contributed by atoms with Crippen LogP contribution in [-0.2, 0) is 16.1 Å². The molecule has 0 bridgehead atoms. The minimum absolute atomic E-state index is 0.0584. The first-order valence-corrected chi connectivity index (χ1v) is 7.46. The number of furan rings is 1. The lowest BCUT2D eigenvalue weighted by molar-refractivity contribution is -0.148. The molecule has 0 aliphatic rings. The number of hydrogen-bond donors (Lipinski definition) is 1. The third-order valence-electron chi connectivity index (χ3n) is 3.12. The maximum atomic E-state index is 12.2. The van der Waals surface area contributed by atoms with E-state index in [1.54, 1.807) is 18.2 Å². The van der Waals surface area contributed by atoms with Crippen LogP contribution in [0.3, 0.4) is 0 Å². The van der Waals surface area contributed by atoms with Crippen LogP contribution in [0.2, 0.25) is 5.15 Å². The Morgan fingerprint density at radius 1 is 1.35 bits per heavy atom. The lowest BCUT2D eigenvalue weighted by Gasteiger charge is -2.20. The van der Waals surface area contributed by atoms with Gasteiger partial charge < -0.3 is 14.5 Å². The number of pyridine rings is 1. The van der Waals surface area contributed by atoms with Gasteiger partial charge in [-0.3, -0.25) is 4.79 Å². The Balaban J connectivity index is 1.95. The van der Waals surface area contributed by atoms with Crippen molar-refractivity contribution in [1.29, 1.82) is 0 Å². The van der Waals surface area contributed by atoms with Crippen molar-refractivity contribution in [2.24, 2.45) is 5.92 Å². The maximum absolute atomic E-state index is 12.2. The second-order valence-corrected chi connectivity index (χ2v) is 5.66. The lowest BCUT2D eigenvalue weighted by atomic mass is 10.0. The highest BCUT2D eigenvalue weighted by molar-refractivity contribution is 6.29. The van der Waals surface area contributed by atoms with Gasteiger partial charge in [0.2, 0.25) is 0 Å². The van der Waals surface area contributed by atoms with Gasteiger partial charge >= 0.3 is 5.97 Å². The van der Waals surface area contributed by atoms with E-state index in [0.717, 1.165) is 0 Å². The molecule has 0 fully saturated rings. The van der Waals surface area contributed by atoms with Crippen molar-refractivity contribution in [2.45, 2.75) is 26.5 Å². The number of amides is 1. The summed E-state index contributed by atoms with van der Waals surface area (Å²) in [4.78, 5) is 28.1. The average molecular weight is 337 g/mol. The molecule has 0 aliphatic heterocycles. The normalized spacial score (nSPS) is 12.0. The van der Waals surface area contributed by atoms with Crippen molar-refractivity contribution in [3.8, 4) is 0 Å². The number of carbonyl (C=O) groups is 2. The van der Waals surface area contributed by atoms with Crippen molar-refractivity contribution < 1.29 is 18.7 Å². The van der Waals surface area contributed by atoms with E-state index in [4.69, 9.17) is 20.8 Å². The molecule has 1 N–H and O–H groups in total. The van der Waals surface area contributed by atoms with Crippen molar-refractivity contribution >= 4 is 23.5 Å². The number of halogens is 1. The predicted octanol–water partition coefficient (Wildman–Crippen LogP) is 2.83. The van der Waals surface area contributed by atoms with Gasteiger partial charge in [-0.1, -0.05) is 31.5 Å². The second-order valence-electron chi connectivity index (χ2n) is 5.27. The van der Waals surface area contributed by atoms with Gasteiger partial charge in [-0.2, -0.15) is 0 Å². The molecule has 6 nitrogen and oxygen atoms in total. The van der Waals surface area contributed by atoms with E-state index in [-0.39, 0.29) is 18.3 Å². The standard InChI is InChI=1S/C16H17ClN2O4/c1-10(2)14(19-15(20)12-4-3-7-22-12)16(21)23-9-11-5-6-13(17)18-8-11/h3-8,10,14H,9H2,1-2H3,(H,19,20). The van der Waals surface area contributed by atoms with Crippen LogP contribution >= 0.6 is 11.6 Å². The molecule has 0 saturated carbocycles. The van der Waals surface area contributed by atoms with Crippen molar-refractivity contribution in [3.05, 3.63) is 53.2 Å². The molecule has 122 valence electrons. The molecule has 1 amide bonds. The van der Waals surface area contributed by atoms with Crippen LogP contribution in [0.4, 0.5) is 0 Å². The summed E-state index contributed by atoms with van der Waals surface area (Å²) >= 11 is 5.70. The number of hydrogen-bond acceptors (Lipinski definition) is 5. The first-order chi connectivity index (χ1) is 11.0. The molecule has 0 aliphatic carbocycles. The first kappa shape index (κ1) is 17.0. The molecule has 23 heavy (non-hydrogen) atoms. The minimum Gasteiger partial charge on any atom is -0.459 e. The Labute approximate surface area is 138 Å². The van der Waals surface area contributed by atoms with Crippen LogP contribution in [-0.4, -0.2) is 22.9 Å². The van der Waals surface area contributed by atoms with E-state index in [2.05, 4.69) is 10.3 Å². The van der Waals surface area contributed by atoms with E-state index in [9.17, 15) is 9.59 Å². The molecule has 1 atom stereocenters. The SMILES string of the molecule is CC(C)C(NC(=O)c1ccco1)C(=O)OCc1ccc(Cl)nc1. The molecule has 2 heterocycles. The Kier molecular flexibility index (Phi) is 5.76. The van der Waals surface area contributed by atoms with E-state index in [1.807, 2.05) is 13.8 Å². The highest BCUT2D eigenvalue weighted by atomic mass is 35.5. The molecule has 7 heteroatoms. The third-order valence-corrected chi connectivity index (χ3v) is 3.35. The summed E-state index contributed by atoms with van der Waals surface area (Å²) in [5, 5.41) is 2.99. The highest BCUT2D eigenvalue weighted by Crippen LogP contribution is 2.10. The molecule has 0 aromatic carbocycles. The number of aromatic nitrogens is 1. The van der Waals surface area contributed by atoms with Crippen LogP contribution in [0.25, 0.3) is 0 Å². The zero-order valence-corrected chi connectivity index (χ0v) is 13.5. The van der Waals surface area contributed by atoms with E-state index < -0.39 is 17.9 Å². The summed E-state index contributed by atoms with van der Waals surface area (Å²) in [5.41, 5.74) is 0.711. The monoisotopic (exact) mass is 336 g/mol. The number of rotatable bonds is 6. The van der Waals surface area contributed by atoms with E-state index in [0.29, 0.717) is 10.7 Å². The van der Waals surface area contributed by atoms with Crippen LogP contribution in [0.1, 0.15) is 30.0 Å². The fourth-order valence-corrected chi connectivity index (χ4v) is 1.97. The average Bonchev–Trinajstić information content (AvgIpc) is 3.05. The molecule has 2 aromatic rings. The number of nitrogens with zero attached hydrogens (tertiary/aromatic N) is 1. The highest BCUT2D eigenvalue weighted by Gasteiger charge is 2.27. The Hall–Kier alpha value is -2.34. The van der Waals surface area contributed by atoms with Crippen LogP contribution in [0, 0.1) is 5.92 Å². The molecule has 0 saturated heterocycles. The molecule has 1 unspecified atom stereocenters. The van der Waals surface area contributed by atoms with Crippen LogP contribution in [0.5, 0.6) is 0 Å². The maximum Gasteiger partial charge on any atom is 0.329 e. The second kappa shape index (κ2) is 7.78.